The van der Waals surface area contributed by atoms with Crippen molar-refractivity contribution in [2.45, 2.75) is 25.5 Å². The van der Waals surface area contributed by atoms with Gasteiger partial charge in [-0.2, -0.15) is 0 Å². The van der Waals surface area contributed by atoms with Crippen LogP contribution in [0.2, 0.25) is 0 Å². The molecule has 24 heavy (non-hydrogen) atoms. The number of rotatable bonds is 5. The van der Waals surface area contributed by atoms with Crippen molar-refractivity contribution in [3.05, 3.63) is 23.8 Å². The fraction of sp³-hybridized carbons (Fsp3) is 0.611. The highest BCUT2D eigenvalue weighted by atomic mass is 16.5. The third kappa shape index (κ3) is 3.99. The topological polar surface area (TPSA) is 51.2 Å². The van der Waals surface area contributed by atoms with Crippen molar-refractivity contribution in [1.82, 2.24) is 9.80 Å². The molecule has 1 aromatic rings. The van der Waals surface area contributed by atoms with Gasteiger partial charge in [-0.05, 0) is 30.5 Å². The van der Waals surface area contributed by atoms with Crippen molar-refractivity contribution in [3.63, 3.8) is 0 Å². The van der Waals surface area contributed by atoms with E-state index >= 15 is 0 Å². The van der Waals surface area contributed by atoms with Gasteiger partial charge in [0.1, 0.15) is 17.6 Å². The lowest BCUT2D eigenvalue weighted by Crippen LogP contribution is -2.50. The van der Waals surface area contributed by atoms with E-state index in [0.29, 0.717) is 13.2 Å². The highest BCUT2D eigenvalue weighted by Crippen LogP contribution is 2.24. The molecule has 1 atom stereocenters. The fourth-order valence-corrected chi connectivity index (χ4v) is 3.35. The number of amides is 1. The van der Waals surface area contributed by atoms with E-state index in [4.69, 9.17) is 14.2 Å². The maximum atomic E-state index is 12.5. The minimum absolute atomic E-state index is 0.139. The van der Waals surface area contributed by atoms with Gasteiger partial charge in [0.05, 0.1) is 20.8 Å². The number of morpholine rings is 1. The molecule has 1 aromatic carbocycles. The van der Waals surface area contributed by atoms with Crippen LogP contribution < -0.4 is 9.47 Å². The molecule has 6 nitrogen and oxygen atoms in total. The first kappa shape index (κ1) is 17.0. The summed E-state index contributed by atoms with van der Waals surface area (Å²) in [5, 5.41) is 0. The Balaban J connectivity index is 1.63. The Bertz CT molecular complexity index is 550. The van der Waals surface area contributed by atoms with Crippen molar-refractivity contribution >= 4 is 5.91 Å². The molecule has 3 rings (SSSR count). The molecule has 0 aromatic heterocycles. The smallest absolute Gasteiger partial charge is 0.253 e. The monoisotopic (exact) mass is 334 g/mol. The quantitative estimate of drug-likeness (QED) is 0.817. The van der Waals surface area contributed by atoms with Crippen molar-refractivity contribution < 1.29 is 19.0 Å². The minimum atomic E-state index is -0.343. The first-order valence-corrected chi connectivity index (χ1v) is 8.54. The van der Waals surface area contributed by atoms with Crippen molar-refractivity contribution in [2.75, 3.05) is 47.0 Å². The molecule has 0 radical (unpaired) electrons. The second-order valence-corrected chi connectivity index (χ2v) is 6.35. The lowest BCUT2D eigenvalue weighted by atomic mass is 10.1. The molecule has 1 unspecified atom stereocenters. The molecular weight excluding hydrogens is 308 g/mol. The van der Waals surface area contributed by atoms with E-state index in [0.717, 1.165) is 56.1 Å². The minimum Gasteiger partial charge on any atom is -0.497 e. The number of hydrogen-bond acceptors (Lipinski definition) is 5. The average Bonchev–Trinajstić information content (AvgIpc) is 3.15. The van der Waals surface area contributed by atoms with Gasteiger partial charge in [0.2, 0.25) is 0 Å². The van der Waals surface area contributed by atoms with Crippen LogP contribution in [-0.4, -0.2) is 68.8 Å². The summed E-state index contributed by atoms with van der Waals surface area (Å²) in [5.74, 6) is 1.70. The maximum Gasteiger partial charge on any atom is 0.253 e. The largest absolute Gasteiger partial charge is 0.497 e. The van der Waals surface area contributed by atoms with Crippen LogP contribution in [0, 0.1) is 0 Å². The molecule has 2 heterocycles. The predicted molar refractivity (Wildman–Crippen MR) is 90.4 cm³/mol. The second-order valence-electron chi connectivity index (χ2n) is 6.35. The molecule has 1 amide bonds. The molecule has 2 saturated heterocycles. The second kappa shape index (κ2) is 7.85. The maximum absolute atomic E-state index is 12.5. The van der Waals surface area contributed by atoms with Gasteiger partial charge in [0.15, 0.2) is 0 Å². The molecule has 0 spiro atoms. The molecule has 0 bridgehead atoms. The van der Waals surface area contributed by atoms with E-state index in [1.807, 2.05) is 23.1 Å². The number of benzene rings is 1. The summed E-state index contributed by atoms with van der Waals surface area (Å²) < 4.78 is 16.4. The van der Waals surface area contributed by atoms with Crippen molar-refractivity contribution in [2.24, 2.45) is 0 Å². The van der Waals surface area contributed by atoms with Crippen molar-refractivity contribution in [3.8, 4) is 11.5 Å². The van der Waals surface area contributed by atoms with Crippen LogP contribution in [0.5, 0.6) is 11.5 Å². The molecule has 0 saturated carbocycles. The van der Waals surface area contributed by atoms with Gasteiger partial charge in [-0.15, -0.1) is 0 Å². The Hall–Kier alpha value is -1.79. The SMILES string of the molecule is COc1cc(CN2CCOC(C(=O)N3CCCC3)C2)cc(OC)c1. The van der Waals surface area contributed by atoms with Crippen LogP contribution in [-0.2, 0) is 16.1 Å². The molecule has 6 heteroatoms. The van der Waals surface area contributed by atoms with Gasteiger partial charge < -0.3 is 19.1 Å². The number of likely N-dealkylation sites (tertiary alicyclic amines) is 1. The Morgan fingerprint density at radius 2 is 1.79 bits per heavy atom. The van der Waals surface area contributed by atoms with Gasteiger partial charge in [0, 0.05) is 38.8 Å². The number of nitrogens with zero attached hydrogens (tertiary/aromatic N) is 2. The Morgan fingerprint density at radius 1 is 1.12 bits per heavy atom. The molecule has 2 fully saturated rings. The average molecular weight is 334 g/mol. The number of methoxy groups -OCH3 is 2. The Labute approximate surface area is 143 Å². The highest BCUT2D eigenvalue weighted by molar-refractivity contribution is 5.81. The molecule has 0 N–H and O–H groups in total. The van der Waals surface area contributed by atoms with Crippen LogP contribution in [0.15, 0.2) is 18.2 Å². The predicted octanol–water partition coefficient (Wildman–Crippen LogP) is 1.53. The summed E-state index contributed by atoms with van der Waals surface area (Å²) >= 11 is 0. The standard InChI is InChI=1S/C18H26N2O4/c1-22-15-9-14(10-16(11-15)23-2)12-19-7-8-24-17(13-19)18(21)20-5-3-4-6-20/h9-11,17H,3-8,12-13H2,1-2H3. The summed E-state index contributed by atoms with van der Waals surface area (Å²) in [4.78, 5) is 16.7. The first-order valence-electron chi connectivity index (χ1n) is 8.54. The van der Waals surface area contributed by atoms with Crippen LogP contribution in [0.3, 0.4) is 0 Å². The Morgan fingerprint density at radius 3 is 2.42 bits per heavy atom. The van der Waals surface area contributed by atoms with Gasteiger partial charge in [0.25, 0.3) is 5.91 Å². The molecule has 0 aliphatic carbocycles. The zero-order valence-corrected chi connectivity index (χ0v) is 14.5. The third-order valence-electron chi connectivity index (χ3n) is 4.66. The third-order valence-corrected chi connectivity index (χ3v) is 4.66. The van der Waals surface area contributed by atoms with E-state index < -0.39 is 0 Å². The highest BCUT2D eigenvalue weighted by Gasteiger charge is 2.31. The summed E-state index contributed by atoms with van der Waals surface area (Å²) in [6.07, 6.45) is 1.86. The molecule has 132 valence electrons. The van der Waals surface area contributed by atoms with Crippen LogP contribution in [0.4, 0.5) is 0 Å². The fourth-order valence-electron chi connectivity index (χ4n) is 3.35. The van der Waals surface area contributed by atoms with Crippen LogP contribution in [0.25, 0.3) is 0 Å². The van der Waals surface area contributed by atoms with E-state index in [9.17, 15) is 4.79 Å². The lowest BCUT2D eigenvalue weighted by molar-refractivity contribution is -0.148. The van der Waals surface area contributed by atoms with E-state index in [1.54, 1.807) is 14.2 Å². The van der Waals surface area contributed by atoms with Gasteiger partial charge >= 0.3 is 0 Å². The molecule has 2 aliphatic heterocycles. The summed E-state index contributed by atoms with van der Waals surface area (Å²) in [7, 11) is 3.30. The van der Waals surface area contributed by atoms with Crippen LogP contribution >= 0.6 is 0 Å². The first-order chi connectivity index (χ1) is 11.7. The summed E-state index contributed by atoms with van der Waals surface area (Å²) in [6.45, 7) is 4.53. The number of hydrogen-bond donors (Lipinski definition) is 0. The van der Waals surface area contributed by atoms with E-state index in [2.05, 4.69) is 4.90 Å². The van der Waals surface area contributed by atoms with Crippen LogP contribution in [0.1, 0.15) is 18.4 Å². The summed E-state index contributed by atoms with van der Waals surface area (Å²) in [6, 6.07) is 5.88. The lowest BCUT2D eigenvalue weighted by Gasteiger charge is -2.34. The van der Waals surface area contributed by atoms with Crippen molar-refractivity contribution in [1.29, 1.82) is 0 Å². The van der Waals surface area contributed by atoms with Gasteiger partial charge in [-0.25, -0.2) is 0 Å². The molecule has 2 aliphatic rings. The molecular formula is C18H26N2O4. The van der Waals surface area contributed by atoms with E-state index in [-0.39, 0.29) is 12.0 Å². The number of carbonyl (C=O) groups excluding carboxylic acids is 1. The number of carbonyl (C=O) groups is 1. The zero-order valence-electron chi connectivity index (χ0n) is 14.5. The van der Waals surface area contributed by atoms with Gasteiger partial charge in [-0.1, -0.05) is 0 Å². The van der Waals surface area contributed by atoms with E-state index in [1.165, 1.54) is 0 Å². The van der Waals surface area contributed by atoms with Gasteiger partial charge in [-0.3, -0.25) is 9.69 Å². The zero-order chi connectivity index (χ0) is 16.9. The number of ether oxygens (including phenoxy) is 3. The summed E-state index contributed by atoms with van der Waals surface area (Å²) in [5.41, 5.74) is 1.11. The normalized spacial score (nSPS) is 21.8. The Kier molecular flexibility index (Phi) is 5.58.